The number of aryl methyl sites for hydroxylation is 2. The fraction of sp³-hybridized carbons (Fsp3) is 0.500. The van der Waals surface area contributed by atoms with E-state index in [1.54, 1.807) is 0 Å². The molecule has 1 atom stereocenters. The molecule has 0 heterocycles. The summed E-state index contributed by atoms with van der Waals surface area (Å²) < 4.78 is 0. The number of hydrogen-bond acceptors (Lipinski definition) is 2. The van der Waals surface area contributed by atoms with Crippen molar-refractivity contribution in [1.29, 1.82) is 0 Å². The predicted molar refractivity (Wildman–Crippen MR) is 62.2 cm³/mol. The van der Waals surface area contributed by atoms with Crippen LogP contribution >= 0.6 is 0 Å². The molecule has 0 fully saturated rings. The van der Waals surface area contributed by atoms with Gasteiger partial charge in [-0.2, -0.15) is 0 Å². The molecule has 78 valence electrons. The molecule has 0 aromatic heterocycles. The maximum atomic E-state index is 6.05. The van der Waals surface area contributed by atoms with Gasteiger partial charge in [0.15, 0.2) is 0 Å². The van der Waals surface area contributed by atoms with E-state index in [1.165, 1.54) is 5.56 Å². The Morgan fingerprint density at radius 3 is 2.14 bits per heavy atom. The lowest BCUT2D eigenvalue weighted by Crippen LogP contribution is -2.10. The zero-order chi connectivity index (χ0) is 10.7. The van der Waals surface area contributed by atoms with Crippen molar-refractivity contribution >= 4 is 5.69 Å². The minimum atomic E-state index is 0.151. The number of benzene rings is 1. The largest absolute Gasteiger partial charge is 0.398 e. The number of anilines is 1. The molecule has 4 N–H and O–H groups in total. The Bertz CT molecular complexity index is 295. The Labute approximate surface area is 86.3 Å². The molecule has 0 aliphatic rings. The molecule has 0 aliphatic carbocycles. The summed E-state index contributed by atoms with van der Waals surface area (Å²) in [7, 11) is 0. The van der Waals surface area contributed by atoms with Crippen molar-refractivity contribution in [2.75, 3.05) is 5.73 Å². The van der Waals surface area contributed by atoms with Gasteiger partial charge in [0.05, 0.1) is 0 Å². The number of hydrogen-bond donors (Lipinski definition) is 2. The number of rotatable bonds is 3. The first kappa shape index (κ1) is 11.1. The van der Waals surface area contributed by atoms with E-state index in [1.807, 2.05) is 13.8 Å². The van der Waals surface area contributed by atoms with Gasteiger partial charge in [0.2, 0.25) is 0 Å². The van der Waals surface area contributed by atoms with Gasteiger partial charge in [0, 0.05) is 11.7 Å². The maximum Gasteiger partial charge on any atom is 0.0373 e. The average Bonchev–Trinajstić information content (AvgIpc) is 2.13. The summed E-state index contributed by atoms with van der Waals surface area (Å²) in [6.45, 7) is 6.21. The SMILES string of the molecule is CCCC(N)c1cc(C)c(N)c(C)c1. The zero-order valence-corrected chi connectivity index (χ0v) is 9.30. The van der Waals surface area contributed by atoms with Crippen molar-refractivity contribution in [3.63, 3.8) is 0 Å². The van der Waals surface area contributed by atoms with Crippen LogP contribution in [0, 0.1) is 13.8 Å². The smallest absolute Gasteiger partial charge is 0.0373 e. The molecule has 0 bridgehead atoms. The van der Waals surface area contributed by atoms with Gasteiger partial charge >= 0.3 is 0 Å². The molecule has 0 saturated heterocycles. The lowest BCUT2D eigenvalue weighted by molar-refractivity contribution is 0.638. The highest BCUT2D eigenvalue weighted by atomic mass is 14.6. The molecule has 1 aromatic carbocycles. The van der Waals surface area contributed by atoms with E-state index < -0.39 is 0 Å². The lowest BCUT2D eigenvalue weighted by atomic mass is 9.97. The van der Waals surface area contributed by atoms with E-state index >= 15 is 0 Å². The van der Waals surface area contributed by atoms with Crippen molar-refractivity contribution in [3.05, 3.63) is 28.8 Å². The summed E-state index contributed by atoms with van der Waals surface area (Å²) in [5, 5.41) is 0. The monoisotopic (exact) mass is 192 g/mol. The molecule has 2 heteroatoms. The average molecular weight is 192 g/mol. The number of nitrogen functional groups attached to an aromatic ring is 1. The summed E-state index contributed by atoms with van der Waals surface area (Å²) in [6, 6.07) is 4.35. The van der Waals surface area contributed by atoms with E-state index in [-0.39, 0.29) is 6.04 Å². The molecule has 0 aliphatic heterocycles. The fourth-order valence-electron chi connectivity index (χ4n) is 1.70. The Hall–Kier alpha value is -1.02. The Morgan fingerprint density at radius 1 is 1.21 bits per heavy atom. The predicted octanol–water partition coefficient (Wildman–Crippen LogP) is 2.69. The van der Waals surface area contributed by atoms with E-state index in [2.05, 4.69) is 19.1 Å². The summed E-state index contributed by atoms with van der Waals surface area (Å²) >= 11 is 0. The van der Waals surface area contributed by atoms with Gasteiger partial charge in [-0.1, -0.05) is 25.5 Å². The van der Waals surface area contributed by atoms with E-state index in [4.69, 9.17) is 11.5 Å². The molecule has 0 spiro atoms. The lowest BCUT2D eigenvalue weighted by Gasteiger charge is -2.14. The van der Waals surface area contributed by atoms with Crippen LogP contribution in [-0.2, 0) is 0 Å². The van der Waals surface area contributed by atoms with Crippen molar-refractivity contribution in [3.8, 4) is 0 Å². The van der Waals surface area contributed by atoms with Crippen LogP contribution < -0.4 is 11.5 Å². The molecule has 1 unspecified atom stereocenters. The zero-order valence-electron chi connectivity index (χ0n) is 9.30. The second-order valence-electron chi connectivity index (χ2n) is 3.96. The minimum Gasteiger partial charge on any atom is -0.398 e. The van der Waals surface area contributed by atoms with Crippen molar-refractivity contribution in [1.82, 2.24) is 0 Å². The van der Waals surface area contributed by atoms with Crippen LogP contribution in [-0.4, -0.2) is 0 Å². The minimum absolute atomic E-state index is 0.151. The van der Waals surface area contributed by atoms with Gasteiger partial charge in [-0.3, -0.25) is 0 Å². The first-order valence-corrected chi connectivity index (χ1v) is 5.18. The van der Waals surface area contributed by atoms with E-state index in [0.717, 1.165) is 29.7 Å². The first-order chi connectivity index (χ1) is 6.56. The first-order valence-electron chi connectivity index (χ1n) is 5.18. The molecule has 2 nitrogen and oxygen atoms in total. The van der Waals surface area contributed by atoms with Crippen molar-refractivity contribution < 1.29 is 0 Å². The quantitative estimate of drug-likeness (QED) is 0.723. The summed E-state index contributed by atoms with van der Waals surface area (Å²) in [6.07, 6.45) is 2.15. The van der Waals surface area contributed by atoms with Crippen molar-refractivity contribution in [2.24, 2.45) is 5.73 Å². The topological polar surface area (TPSA) is 52.0 Å². The third-order valence-corrected chi connectivity index (χ3v) is 2.64. The van der Waals surface area contributed by atoms with E-state index in [9.17, 15) is 0 Å². The maximum absolute atomic E-state index is 6.05. The van der Waals surface area contributed by atoms with Crippen LogP contribution in [0.5, 0.6) is 0 Å². The van der Waals surface area contributed by atoms with Crippen molar-refractivity contribution in [2.45, 2.75) is 39.7 Å². The van der Waals surface area contributed by atoms with Gasteiger partial charge < -0.3 is 11.5 Å². The molecular weight excluding hydrogens is 172 g/mol. The van der Waals surface area contributed by atoms with Crippen LogP contribution in [0.3, 0.4) is 0 Å². The summed E-state index contributed by atoms with van der Waals surface area (Å²) in [5.74, 6) is 0. The molecule has 14 heavy (non-hydrogen) atoms. The Kier molecular flexibility index (Phi) is 3.53. The Balaban J connectivity index is 3.00. The van der Waals surface area contributed by atoms with Crippen LogP contribution in [0.1, 0.15) is 42.5 Å². The third kappa shape index (κ3) is 2.26. The fourth-order valence-corrected chi connectivity index (χ4v) is 1.70. The second-order valence-corrected chi connectivity index (χ2v) is 3.96. The van der Waals surface area contributed by atoms with Crippen LogP contribution in [0.25, 0.3) is 0 Å². The van der Waals surface area contributed by atoms with Gasteiger partial charge in [0.1, 0.15) is 0 Å². The van der Waals surface area contributed by atoms with Gasteiger partial charge in [-0.15, -0.1) is 0 Å². The van der Waals surface area contributed by atoms with Crippen LogP contribution in [0.15, 0.2) is 12.1 Å². The third-order valence-electron chi connectivity index (χ3n) is 2.64. The van der Waals surface area contributed by atoms with Gasteiger partial charge in [-0.25, -0.2) is 0 Å². The molecule has 0 radical (unpaired) electrons. The van der Waals surface area contributed by atoms with E-state index in [0.29, 0.717) is 0 Å². The molecular formula is C12H20N2. The summed E-state index contributed by atoms with van der Waals surface area (Å²) in [4.78, 5) is 0. The molecule has 1 aromatic rings. The standard InChI is InChI=1S/C12H20N2/c1-4-5-11(13)10-6-8(2)12(14)9(3)7-10/h6-7,11H,4-5,13-14H2,1-3H3. The summed E-state index contributed by atoms with van der Waals surface area (Å²) in [5.41, 5.74) is 16.3. The Morgan fingerprint density at radius 2 is 1.71 bits per heavy atom. The van der Waals surface area contributed by atoms with Crippen LogP contribution in [0.2, 0.25) is 0 Å². The van der Waals surface area contributed by atoms with Crippen LogP contribution in [0.4, 0.5) is 5.69 Å². The molecule has 1 rings (SSSR count). The number of nitrogens with two attached hydrogens (primary N) is 2. The molecule has 0 amide bonds. The highest BCUT2D eigenvalue weighted by Crippen LogP contribution is 2.23. The highest BCUT2D eigenvalue weighted by Gasteiger charge is 2.07. The van der Waals surface area contributed by atoms with Gasteiger partial charge in [0.25, 0.3) is 0 Å². The molecule has 0 saturated carbocycles. The van der Waals surface area contributed by atoms with Gasteiger partial charge in [-0.05, 0) is 37.0 Å². The normalized spacial score (nSPS) is 12.9. The second kappa shape index (κ2) is 4.47. The highest BCUT2D eigenvalue weighted by molar-refractivity contribution is 5.54.